The Morgan fingerprint density at radius 1 is 1.15 bits per heavy atom. The Labute approximate surface area is 190 Å². The van der Waals surface area contributed by atoms with E-state index in [-0.39, 0.29) is 22.8 Å². The monoisotopic (exact) mass is 452 g/mol. The summed E-state index contributed by atoms with van der Waals surface area (Å²) in [4.78, 5) is 26.3. The van der Waals surface area contributed by atoms with E-state index in [1.54, 1.807) is 50.2 Å². The van der Waals surface area contributed by atoms with Crippen molar-refractivity contribution in [1.82, 2.24) is 14.7 Å². The number of halogens is 1. The smallest absolute Gasteiger partial charge is 0.257 e. The van der Waals surface area contributed by atoms with Crippen molar-refractivity contribution in [3.8, 4) is 17.2 Å². The van der Waals surface area contributed by atoms with Gasteiger partial charge in [-0.2, -0.15) is 5.10 Å². The Bertz CT molecular complexity index is 1250. The Morgan fingerprint density at radius 3 is 2.55 bits per heavy atom. The van der Waals surface area contributed by atoms with E-state index in [1.807, 2.05) is 13.8 Å². The molecule has 3 aromatic rings. The van der Waals surface area contributed by atoms with Crippen LogP contribution in [0.15, 0.2) is 42.6 Å². The zero-order valence-electron chi connectivity index (χ0n) is 19.1. The molecule has 0 saturated carbocycles. The molecular weight excluding hydrogens is 427 g/mol. The average Bonchev–Trinajstić information content (AvgIpc) is 3.29. The number of hydrogen-bond donors (Lipinski definition) is 1. The Hall–Kier alpha value is -3.88. The van der Waals surface area contributed by atoms with Gasteiger partial charge < -0.3 is 19.7 Å². The second kappa shape index (κ2) is 8.23. The number of carbonyl (C=O) groups excluding carboxylic acids is 2. The maximum absolute atomic E-state index is 14.8. The van der Waals surface area contributed by atoms with Crippen LogP contribution in [0.2, 0.25) is 0 Å². The van der Waals surface area contributed by atoms with Crippen LogP contribution in [0.3, 0.4) is 0 Å². The molecule has 2 heterocycles. The number of aryl methyl sites for hydroxylation is 1. The second-order valence-electron chi connectivity index (χ2n) is 8.77. The normalized spacial score (nSPS) is 13.8. The van der Waals surface area contributed by atoms with Crippen LogP contribution in [0.25, 0.3) is 0 Å². The molecule has 172 valence electrons. The fourth-order valence-electron chi connectivity index (χ4n) is 3.63. The van der Waals surface area contributed by atoms with Crippen molar-refractivity contribution < 1.29 is 23.5 Å². The van der Waals surface area contributed by atoms with E-state index in [2.05, 4.69) is 10.4 Å². The number of aromatic nitrogens is 2. The maximum atomic E-state index is 14.8. The van der Waals surface area contributed by atoms with Gasteiger partial charge in [0.05, 0.1) is 0 Å². The molecule has 1 aliphatic heterocycles. The molecule has 0 atom stereocenters. The highest BCUT2D eigenvalue weighted by Gasteiger charge is 2.34. The van der Waals surface area contributed by atoms with Gasteiger partial charge in [-0.3, -0.25) is 14.3 Å². The van der Waals surface area contributed by atoms with Crippen LogP contribution in [-0.4, -0.2) is 46.2 Å². The first-order valence-corrected chi connectivity index (χ1v) is 10.4. The predicted octanol–water partition coefficient (Wildman–Crippen LogP) is 4.02. The maximum Gasteiger partial charge on any atom is 0.257 e. The number of carbonyl (C=O) groups is 2. The van der Waals surface area contributed by atoms with E-state index in [4.69, 9.17) is 9.47 Å². The van der Waals surface area contributed by atoms with Crippen LogP contribution >= 0.6 is 0 Å². The molecule has 1 aromatic heterocycles. The highest BCUT2D eigenvalue weighted by Crippen LogP contribution is 2.43. The Kier molecular flexibility index (Phi) is 5.57. The molecule has 0 unspecified atom stereocenters. The van der Waals surface area contributed by atoms with Crippen molar-refractivity contribution in [3.05, 3.63) is 65.1 Å². The van der Waals surface area contributed by atoms with Gasteiger partial charge in [0.1, 0.15) is 17.1 Å². The standard InChI is InChI=1S/C24H25FN4O4/c1-24(2)13-16-19(32-18-7-6-14(10-17(18)25)23(31)28(3)4)11-15(12-20(16)33-24)22(30)26-21-8-9-29(5)27-21/h6-12H,13H2,1-5H3,(H,26,27,30). The molecule has 2 aromatic carbocycles. The summed E-state index contributed by atoms with van der Waals surface area (Å²) >= 11 is 0. The fraction of sp³-hybridized carbons (Fsp3) is 0.292. The lowest BCUT2D eigenvalue weighted by atomic mass is 9.99. The minimum atomic E-state index is -0.682. The SMILES string of the molecule is CN(C)C(=O)c1ccc(Oc2cc(C(=O)Nc3ccn(C)n3)cc3c2CC(C)(C)O3)c(F)c1. The van der Waals surface area contributed by atoms with Crippen LogP contribution < -0.4 is 14.8 Å². The molecule has 2 amide bonds. The molecule has 0 saturated heterocycles. The number of nitrogens with one attached hydrogen (secondary N) is 1. The van der Waals surface area contributed by atoms with Gasteiger partial charge in [0.2, 0.25) is 0 Å². The minimum absolute atomic E-state index is 0.0560. The molecule has 4 rings (SSSR count). The molecule has 0 aliphatic carbocycles. The zero-order chi connectivity index (χ0) is 23.9. The number of fused-ring (bicyclic) bond motifs is 1. The van der Waals surface area contributed by atoms with Gasteiger partial charge in [0.15, 0.2) is 17.4 Å². The summed E-state index contributed by atoms with van der Waals surface area (Å²) in [5.41, 5.74) is 0.731. The fourth-order valence-corrected chi connectivity index (χ4v) is 3.63. The number of anilines is 1. The van der Waals surface area contributed by atoms with Crippen molar-refractivity contribution in [3.63, 3.8) is 0 Å². The van der Waals surface area contributed by atoms with E-state index >= 15 is 0 Å². The third-order valence-corrected chi connectivity index (χ3v) is 5.18. The molecule has 33 heavy (non-hydrogen) atoms. The summed E-state index contributed by atoms with van der Waals surface area (Å²) in [6, 6.07) is 8.91. The van der Waals surface area contributed by atoms with Crippen molar-refractivity contribution in [2.24, 2.45) is 7.05 Å². The molecule has 1 aliphatic rings. The molecule has 0 spiro atoms. The topological polar surface area (TPSA) is 85.7 Å². The van der Waals surface area contributed by atoms with E-state index in [1.165, 1.54) is 17.0 Å². The van der Waals surface area contributed by atoms with E-state index in [0.29, 0.717) is 23.7 Å². The highest BCUT2D eigenvalue weighted by molar-refractivity contribution is 6.04. The van der Waals surface area contributed by atoms with Crippen molar-refractivity contribution in [2.45, 2.75) is 25.9 Å². The lowest BCUT2D eigenvalue weighted by Crippen LogP contribution is -2.24. The second-order valence-corrected chi connectivity index (χ2v) is 8.77. The van der Waals surface area contributed by atoms with Gasteiger partial charge in [0, 0.05) is 56.5 Å². The summed E-state index contributed by atoms with van der Waals surface area (Å²) in [6.45, 7) is 3.85. The summed E-state index contributed by atoms with van der Waals surface area (Å²) in [7, 11) is 4.94. The zero-order valence-corrected chi connectivity index (χ0v) is 19.1. The van der Waals surface area contributed by atoms with Gasteiger partial charge in [0.25, 0.3) is 11.8 Å². The largest absolute Gasteiger partial charge is 0.487 e. The number of rotatable bonds is 5. The van der Waals surface area contributed by atoms with Crippen LogP contribution in [0, 0.1) is 5.82 Å². The number of benzene rings is 2. The molecule has 8 nitrogen and oxygen atoms in total. The van der Waals surface area contributed by atoms with Crippen molar-refractivity contribution in [2.75, 3.05) is 19.4 Å². The first-order chi connectivity index (χ1) is 15.5. The molecular formula is C24H25FN4O4. The molecule has 0 radical (unpaired) electrons. The van der Waals surface area contributed by atoms with E-state index < -0.39 is 17.3 Å². The van der Waals surface area contributed by atoms with Gasteiger partial charge in [-0.1, -0.05) is 0 Å². The van der Waals surface area contributed by atoms with Crippen molar-refractivity contribution in [1.29, 1.82) is 0 Å². The number of ether oxygens (including phenoxy) is 2. The third-order valence-electron chi connectivity index (χ3n) is 5.18. The van der Waals surface area contributed by atoms with Crippen molar-refractivity contribution >= 4 is 17.6 Å². The lowest BCUT2D eigenvalue weighted by molar-refractivity contribution is 0.0826. The summed E-state index contributed by atoms with van der Waals surface area (Å²) < 4.78 is 28.3. The van der Waals surface area contributed by atoms with Gasteiger partial charge in [-0.25, -0.2) is 4.39 Å². The summed E-state index contributed by atoms with van der Waals surface area (Å²) in [6.07, 6.45) is 2.24. The number of nitrogens with zero attached hydrogens (tertiary/aromatic N) is 3. The predicted molar refractivity (Wildman–Crippen MR) is 121 cm³/mol. The Balaban J connectivity index is 1.67. The van der Waals surface area contributed by atoms with Gasteiger partial charge >= 0.3 is 0 Å². The van der Waals surface area contributed by atoms with Crippen LogP contribution in [0.4, 0.5) is 10.2 Å². The first-order valence-electron chi connectivity index (χ1n) is 10.4. The molecule has 0 fully saturated rings. The van der Waals surface area contributed by atoms with Gasteiger partial charge in [-0.15, -0.1) is 0 Å². The average molecular weight is 452 g/mol. The molecule has 0 bridgehead atoms. The van der Waals surface area contributed by atoms with E-state index in [0.717, 1.165) is 11.6 Å². The molecule has 9 heteroatoms. The minimum Gasteiger partial charge on any atom is -0.487 e. The van der Waals surface area contributed by atoms with Gasteiger partial charge in [-0.05, 0) is 44.2 Å². The number of amides is 2. The van der Waals surface area contributed by atoms with Crippen LogP contribution in [0.5, 0.6) is 17.2 Å². The first kappa shape index (κ1) is 22.3. The Morgan fingerprint density at radius 2 is 1.91 bits per heavy atom. The van der Waals surface area contributed by atoms with Crippen LogP contribution in [0.1, 0.15) is 40.1 Å². The third kappa shape index (κ3) is 4.67. The van der Waals surface area contributed by atoms with E-state index in [9.17, 15) is 14.0 Å². The molecule has 1 N–H and O–H groups in total. The number of hydrogen-bond acceptors (Lipinski definition) is 5. The quantitative estimate of drug-likeness (QED) is 0.632. The summed E-state index contributed by atoms with van der Waals surface area (Å²) in [5, 5.41) is 6.88. The van der Waals surface area contributed by atoms with Crippen LogP contribution in [-0.2, 0) is 13.5 Å². The highest BCUT2D eigenvalue weighted by atomic mass is 19.1. The summed E-state index contributed by atoms with van der Waals surface area (Å²) in [5.74, 6) is -0.235. The lowest BCUT2D eigenvalue weighted by Gasteiger charge is -2.16.